The Hall–Kier alpha value is -3.22. The molecule has 0 spiro atoms. The summed E-state index contributed by atoms with van der Waals surface area (Å²) in [6.07, 6.45) is 0. The summed E-state index contributed by atoms with van der Waals surface area (Å²) >= 11 is 0. The summed E-state index contributed by atoms with van der Waals surface area (Å²) in [5.74, 6) is -0.446. The maximum absolute atomic E-state index is 12.6. The molecule has 130 valence electrons. The first-order valence-electron chi connectivity index (χ1n) is 7.59. The highest BCUT2D eigenvalue weighted by molar-refractivity contribution is 5.92. The van der Waals surface area contributed by atoms with Crippen LogP contribution >= 0.6 is 0 Å². The lowest BCUT2D eigenvalue weighted by Crippen LogP contribution is -2.31. The molecule has 0 radical (unpaired) electrons. The summed E-state index contributed by atoms with van der Waals surface area (Å²) in [5, 5.41) is 0. The molecule has 1 aliphatic rings. The SMILES string of the molecule is COC(=O)C1=C(N)Oc2cc(C)[nH]c(=O)c2[C@@H]1c1ccc(OC)cc1. The van der Waals surface area contributed by atoms with Gasteiger partial charge in [0.25, 0.3) is 5.56 Å². The van der Waals surface area contributed by atoms with E-state index in [2.05, 4.69) is 4.98 Å². The quantitative estimate of drug-likeness (QED) is 0.821. The second-order valence-corrected chi connectivity index (χ2v) is 5.64. The fraction of sp³-hybridized carbons (Fsp3) is 0.222. The van der Waals surface area contributed by atoms with E-state index in [4.69, 9.17) is 19.9 Å². The third kappa shape index (κ3) is 2.84. The molecule has 2 heterocycles. The summed E-state index contributed by atoms with van der Waals surface area (Å²) in [6.45, 7) is 1.74. The molecule has 0 amide bonds. The predicted molar refractivity (Wildman–Crippen MR) is 90.5 cm³/mol. The van der Waals surface area contributed by atoms with E-state index in [1.807, 2.05) is 0 Å². The summed E-state index contributed by atoms with van der Waals surface area (Å²) < 4.78 is 15.5. The summed E-state index contributed by atoms with van der Waals surface area (Å²) in [4.78, 5) is 27.6. The molecule has 1 aliphatic heterocycles. The van der Waals surface area contributed by atoms with E-state index >= 15 is 0 Å². The van der Waals surface area contributed by atoms with Gasteiger partial charge in [0.1, 0.15) is 17.1 Å². The van der Waals surface area contributed by atoms with Crippen LogP contribution in [0.5, 0.6) is 11.5 Å². The standard InChI is InChI=1S/C18H18N2O5/c1-9-8-12-14(17(21)20-9)13(10-4-6-11(23-2)7-5-10)15(16(19)25-12)18(22)24-3/h4-8,13H,19H2,1-3H3,(H,20,21)/t13-/m0/s1. The Labute approximate surface area is 144 Å². The Bertz CT molecular complexity index is 912. The number of aromatic amines is 1. The van der Waals surface area contributed by atoms with Crippen molar-refractivity contribution >= 4 is 5.97 Å². The van der Waals surface area contributed by atoms with Gasteiger partial charge in [0.15, 0.2) is 0 Å². The summed E-state index contributed by atoms with van der Waals surface area (Å²) in [6, 6.07) is 8.71. The van der Waals surface area contributed by atoms with Gasteiger partial charge in [-0.3, -0.25) is 4.79 Å². The van der Waals surface area contributed by atoms with Gasteiger partial charge >= 0.3 is 5.97 Å². The molecule has 0 bridgehead atoms. The number of aromatic nitrogens is 1. The van der Waals surface area contributed by atoms with Gasteiger partial charge in [0.05, 0.1) is 25.7 Å². The van der Waals surface area contributed by atoms with Crippen molar-refractivity contribution in [2.24, 2.45) is 5.73 Å². The number of fused-ring (bicyclic) bond motifs is 1. The van der Waals surface area contributed by atoms with Gasteiger partial charge in [-0.05, 0) is 24.6 Å². The minimum Gasteiger partial charge on any atom is -0.497 e. The maximum Gasteiger partial charge on any atom is 0.340 e. The van der Waals surface area contributed by atoms with Gasteiger partial charge in [-0.25, -0.2) is 4.79 Å². The normalized spacial score (nSPS) is 16.0. The van der Waals surface area contributed by atoms with Crippen LogP contribution in [0, 0.1) is 6.92 Å². The molecule has 0 saturated heterocycles. The highest BCUT2D eigenvalue weighted by atomic mass is 16.5. The van der Waals surface area contributed by atoms with Crippen molar-refractivity contribution in [3.8, 4) is 11.5 Å². The van der Waals surface area contributed by atoms with Crippen LogP contribution < -0.4 is 20.8 Å². The number of nitrogens with one attached hydrogen (secondary N) is 1. The number of carbonyl (C=O) groups excluding carboxylic acids is 1. The summed E-state index contributed by atoms with van der Waals surface area (Å²) in [5.41, 5.74) is 7.36. The van der Waals surface area contributed by atoms with Crippen LogP contribution in [0.4, 0.5) is 0 Å². The van der Waals surface area contributed by atoms with Crippen LogP contribution in [-0.4, -0.2) is 25.2 Å². The fourth-order valence-corrected chi connectivity index (χ4v) is 2.94. The number of methoxy groups -OCH3 is 2. The average molecular weight is 342 g/mol. The largest absolute Gasteiger partial charge is 0.497 e. The number of pyridine rings is 1. The molecular formula is C18H18N2O5. The molecule has 1 atom stereocenters. The van der Waals surface area contributed by atoms with Crippen molar-refractivity contribution in [2.45, 2.75) is 12.8 Å². The molecule has 1 aromatic carbocycles. The first-order chi connectivity index (χ1) is 12.0. The first kappa shape index (κ1) is 16.6. The van der Waals surface area contributed by atoms with Crippen molar-refractivity contribution in [3.63, 3.8) is 0 Å². The zero-order valence-corrected chi connectivity index (χ0v) is 14.1. The molecule has 25 heavy (non-hydrogen) atoms. The van der Waals surface area contributed by atoms with Crippen molar-refractivity contribution in [1.82, 2.24) is 4.98 Å². The Morgan fingerprint density at radius 3 is 2.52 bits per heavy atom. The number of aryl methyl sites for hydroxylation is 1. The number of H-pyrrole nitrogens is 1. The van der Waals surface area contributed by atoms with E-state index in [0.717, 1.165) is 0 Å². The molecule has 0 aliphatic carbocycles. The van der Waals surface area contributed by atoms with Gasteiger partial charge < -0.3 is 24.9 Å². The van der Waals surface area contributed by atoms with E-state index in [9.17, 15) is 9.59 Å². The number of nitrogens with two attached hydrogens (primary N) is 1. The van der Waals surface area contributed by atoms with Crippen LogP contribution in [0.3, 0.4) is 0 Å². The Balaban J connectivity index is 2.26. The number of carbonyl (C=O) groups is 1. The first-order valence-corrected chi connectivity index (χ1v) is 7.59. The van der Waals surface area contributed by atoms with E-state index in [1.165, 1.54) is 7.11 Å². The van der Waals surface area contributed by atoms with Crippen LogP contribution in [0.25, 0.3) is 0 Å². The predicted octanol–water partition coefficient (Wildman–Crippen LogP) is 1.56. The lowest BCUT2D eigenvalue weighted by atomic mass is 9.83. The molecule has 0 unspecified atom stereocenters. The maximum atomic E-state index is 12.6. The van der Waals surface area contributed by atoms with Crippen molar-refractivity contribution in [3.05, 3.63) is 69.0 Å². The zero-order valence-electron chi connectivity index (χ0n) is 14.1. The van der Waals surface area contributed by atoms with E-state index in [1.54, 1.807) is 44.4 Å². The lowest BCUT2D eigenvalue weighted by molar-refractivity contribution is -0.136. The number of rotatable bonds is 3. The summed E-state index contributed by atoms with van der Waals surface area (Å²) in [7, 11) is 2.81. The number of ether oxygens (including phenoxy) is 3. The van der Waals surface area contributed by atoms with Crippen LogP contribution in [0.15, 0.2) is 46.6 Å². The molecule has 3 N–H and O–H groups in total. The fourth-order valence-electron chi connectivity index (χ4n) is 2.94. The smallest absolute Gasteiger partial charge is 0.340 e. The Kier molecular flexibility index (Phi) is 4.22. The molecule has 3 rings (SSSR count). The van der Waals surface area contributed by atoms with E-state index < -0.39 is 11.9 Å². The molecular weight excluding hydrogens is 324 g/mol. The average Bonchev–Trinajstić information content (AvgIpc) is 2.59. The monoisotopic (exact) mass is 342 g/mol. The minimum absolute atomic E-state index is 0.0785. The van der Waals surface area contributed by atoms with Crippen LogP contribution in [-0.2, 0) is 9.53 Å². The van der Waals surface area contributed by atoms with E-state index in [0.29, 0.717) is 28.3 Å². The van der Waals surface area contributed by atoms with Crippen LogP contribution in [0.1, 0.15) is 22.7 Å². The van der Waals surface area contributed by atoms with Crippen LogP contribution in [0.2, 0.25) is 0 Å². The number of esters is 1. The minimum atomic E-state index is -0.702. The number of benzene rings is 1. The molecule has 7 nitrogen and oxygen atoms in total. The molecule has 0 fully saturated rings. The highest BCUT2D eigenvalue weighted by Gasteiger charge is 2.37. The lowest BCUT2D eigenvalue weighted by Gasteiger charge is -2.27. The Morgan fingerprint density at radius 1 is 1.24 bits per heavy atom. The molecule has 0 saturated carbocycles. The van der Waals surface area contributed by atoms with E-state index in [-0.39, 0.29) is 17.0 Å². The highest BCUT2D eigenvalue weighted by Crippen LogP contribution is 2.41. The number of hydrogen-bond donors (Lipinski definition) is 2. The van der Waals surface area contributed by atoms with Gasteiger partial charge in [-0.15, -0.1) is 0 Å². The van der Waals surface area contributed by atoms with Crippen molar-refractivity contribution in [2.75, 3.05) is 14.2 Å². The van der Waals surface area contributed by atoms with Gasteiger partial charge in [-0.1, -0.05) is 12.1 Å². The molecule has 7 heteroatoms. The third-order valence-corrected chi connectivity index (χ3v) is 4.09. The molecule has 1 aromatic heterocycles. The van der Waals surface area contributed by atoms with Gasteiger partial charge in [-0.2, -0.15) is 0 Å². The third-order valence-electron chi connectivity index (χ3n) is 4.09. The van der Waals surface area contributed by atoms with Gasteiger partial charge in [0, 0.05) is 11.8 Å². The van der Waals surface area contributed by atoms with Crippen molar-refractivity contribution in [1.29, 1.82) is 0 Å². The van der Waals surface area contributed by atoms with Gasteiger partial charge in [0.2, 0.25) is 5.88 Å². The zero-order chi connectivity index (χ0) is 18.1. The Morgan fingerprint density at radius 2 is 1.92 bits per heavy atom. The second-order valence-electron chi connectivity index (χ2n) is 5.64. The molecule has 2 aromatic rings. The number of hydrogen-bond acceptors (Lipinski definition) is 6. The topological polar surface area (TPSA) is 104 Å². The van der Waals surface area contributed by atoms with Crippen molar-refractivity contribution < 1.29 is 19.0 Å². The second kappa shape index (κ2) is 6.35.